The minimum atomic E-state index is -4.56. The van der Waals surface area contributed by atoms with E-state index >= 15 is 0 Å². The van der Waals surface area contributed by atoms with Gasteiger partial charge in [-0.3, -0.25) is 4.79 Å². The van der Waals surface area contributed by atoms with Gasteiger partial charge >= 0.3 is 12.1 Å². The van der Waals surface area contributed by atoms with Gasteiger partial charge in [0.15, 0.2) is 0 Å². The maximum Gasteiger partial charge on any atom is 0.416 e. The van der Waals surface area contributed by atoms with Gasteiger partial charge in [0.1, 0.15) is 6.17 Å². The van der Waals surface area contributed by atoms with Gasteiger partial charge in [-0.1, -0.05) is 18.2 Å². The Labute approximate surface area is 94.9 Å². The molecule has 0 spiro atoms. The summed E-state index contributed by atoms with van der Waals surface area (Å²) in [5.41, 5.74) is -1.15. The van der Waals surface area contributed by atoms with Gasteiger partial charge in [0.05, 0.1) is 12.0 Å². The summed E-state index contributed by atoms with van der Waals surface area (Å²) in [5.74, 6) is -1.37. The van der Waals surface area contributed by atoms with Crippen LogP contribution in [0.3, 0.4) is 0 Å². The Balaban J connectivity index is 2.87. The Morgan fingerprint density at radius 1 is 1.29 bits per heavy atom. The van der Waals surface area contributed by atoms with Gasteiger partial charge in [0.2, 0.25) is 0 Å². The van der Waals surface area contributed by atoms with Crippen LogP contribution >= 0.6 is 0 Å². The summed E-state index contributed by atoms with van der Waals surface area (Å²) in [5, 5.41) is 8.33. The number of halogens is 4. The second kappa shape index (κ2) is 5.16. The van der Waals surface area contributed by atoms with Gasteiger partial charge in [-0.2, -0.15) is 13.2 Å². The van der Waals surface area contributed by atoms with Crippen LogP contribution in [0.25, 0.3) is 0 Å². The molecule has 1 aromatic rings. The molecule has 0 bridgehead atoms. The van der Waals surface area contributed by atoms with Crippen LogP contribution in [0.15, 0.2) is 24.3 Å². The molecule has 2 nitrogen and oxygen atoms in total. The number of alkyl halides is 4. The molecule has 0 fully saturated rings. The van der Waals surface area contributed by atoms with Gasteiger partial charge in [-0.05, 0) is 11.6 Å². The summed E-state index contributed by atoms with van der Waals surface area (Å²) in [6.07, 6.45) is -7.73. The van der Waals surface area contributed by atoms with Crippen LogP contribution in [0, 0.1) is 0 Å². The van der Waals surface area contributed by atoms with Crippen LogP contribution in [-0.2, 0) is 17.4 Å². The Morgan fingerprint density at radius 3 is 2.41 bits per heavy atom. The van der Waals surface area contributed by atoms with E-state index in [0.717, 1.165) is 12.1 Å². The molecule has 0 aliphatic heterocycles. The zero-order valence-corrected chi connectivity index (χ0v) is 8.67. The van der Waals surface area contributed by atoms with E-state index in [1.807, 2.05) is 0 Å². The predicted octanol–water partition coefficient (Wildman–Crippen LogP) is 3.06. The first-order valence-corrected chi connectivity index (χ1v) is 4.81. The molecule has 1 rings (SSSR count). The fourth-order valence-corrected chi connectivity index (χ4v) is 1.48. The van der Waals surface area contributed by atoms with E-state index in [9.17, 15) is 22.4 Å². The number of hydrogen-bond donors (Lipinski definition) is 1. The van der Waals surface area contributed by atoms with E-state index in [1.165, 1.54) is 12.1 Å². The normalized spacial score (nSPS) is 13.4. The second-order valence-electron chi connectivity index (χ2n) is 3.55. The number of carbonyl (C=O) groups is 1. The average Bonchev–Trinajstić information content (AvgIpc) is 2.15. The highest BCUT2D eigenvalue weighted by Gasteiger charge is 2.33. The SMILES string of the molecule is O=C(O)CC(F)Cc1ccccc1C(F)(F)F. The minimum Gasteiger partial charge on any atom is -0.481 e. The maximum absolute atomic E-state index is 13.2. The molecule has 0 aliphatic carbocycles. The van der Waals surface area contributed by atoms with Crippen molar-refractivity contribution >= 4 is 5.97 Å². The Bertz CT molecular complexity index is 401. The highest BCUT2D eigenvalue weighted by atomic mass is 19.4. The number of carboxylic acid groups (broad SMARTS) is 1. The van der Waals surface area contributed by atoms with Crippen molar-refractivity contribution in [2.45, 2.75) is 25.2 Å². The standard InChI is InChI=1S/C11H10F4O2/c12-8(6-10(16)17)5-7-3-1-2-4-9(7)11(13,14)15/h1-4,8H,5-6H2,(H,16,17). The Hall–Kier alpha value is -1.59. The molecule has 0 heterocycles. The summed E-state index contributed by atoms with van der Waals surface area (Å²) >= 11 is 0. The lowest BCUT2D eigenvalue weighted by molar-refractivity contribution is -0.138. The Morgan fingerprint density at radius 2 is 1.88 bits per heavy atom. The number of aliphatic carboxylic acids is 1. The molecule has 0 amide bonds. The van der Waals surface area contributed by atoms with E-state index in [-0.39, 0.29) is 5.56 Å². The summed E-state index contributed by atoms with van der Waals surface area (Å²) in [6, 6.07) is 4.56. The number of carboxylic acids is 1. The predicted molar refractivity (Wildman–Crippen MR) is 52.3 cm³/mol. The molecule has 1 aromatic carbocycles. The number of rotatable bonds is 4. The van der Waals surface area contributed by atoms with Crippen molar-refractivity contribution in [2.24, 2.45) is 0 Å². The lowest BCUT2D eigenvalue weighted by atomic mass is 10.0. The molecule has 1 unspecified atom stereocenters. The third-order valence-corrected chi connectivity index (χ3v) is 2.16. The largest absolute Gasteiger partial charge is 0.481 e. The molecule has 0 saturated carbocycles. The highest BCUT2D eigenvalue weighted by molar-refractivity contribution is 5.67. The molecule has 0 aliphatic rings. The van der Waals surface area contributed by atoms with Gasteiger partial charge in [0.25, 0.3) is 0 Å². The summed E-state index contributed by atoms with van der Waals surface area (Å²) < 4.78 is 50.7. The summed E-state index contributed by atoms with van der Waals surface area (Å²) in [7, 11) is 0. The number of hydrogen-bond acceptors (Lipinski definition) is 1. The van der Waals surface area contributed by atoms with Gasteiger partial charge in [-0.15, -0.1) is 0 Å². The van der Waals surface area contributed by atoms with E-state index in [2.05, 4.69) is 0 Å². The van der Waals surface area contributed by atoms with Crippen molar-refractivity contribution in [2.75, 3.05) is 0 Å². The van der Waals surface area contributed by atoms with E-state index in [4.69, 9.17) is 5.11 Å². The molecule has 0 saturated heterocycles. The molecule has 94 valence electrons. The first-order valence-electron chi connectivity index (χ1n) is 4.81. The zero-order valence-electron chi connectivity index (χ0n) is 8.67. The van der Waals surface area contributed by atoms with Crippen molar-refractivity contribution in [3.63, 3.8) is 0 Å². The van der Waals surface area contributed by atoms with Crippen molar-refractivity contribution in [3.8, 4) is 0 Å². The van der Waals surface area contributed by atoms with Crippen LogP contribution in [-0.4, -0.2) is 17.2 Å². The van der Waals surface area contributed by atoms with Crippen LogP contribution in [0.1, 0.15) is 17.5 Å². The smallest absolute Gasteiger partial charge is 0.416 e. The van der Waals surface area contributed by atoms with E-state index < -0.39 is 36.7 Å². The quantitative estimate of drug-likeness (QED) is 0.834. The maximum atomic E-state index is 13.2. The average molecular weight is 250 g/mol. The fourth-order valence-electron chi connectivity index (χ4n) is 1.48. The molecular weight excluding hydrogens is 240 g/mol. The van der Waals surface area contributed by atoms with Gasteiger partial charge in [0, 0.05) is 6.42 Å². The molecule has 1 N–H and O–H groups in total. The van der Waals surface area contributed by atoms with Crippen molar-refractivity contribution in [3.05, 3.63) is 35.4 Å². The van der Waals surface area contributed by atoms with Crippen LogP contribution < -0.4 is 0 Å². The number of benzene rings is 1. The Kier molecular flexibility index (Phi) is 4.09. The van der Waals surface area contributed by atoms with E-state index in [1.54, 1.807) is 0 Å². The molecular formula is C11H10F4O2. The highest BCUT2D eigenvalue weighted by Crippen LogP contribution is 2.32. The monoisotopic (exact) mass is 250 g/mol. The zero-order chi connectivity index (χ0) is 13.1. The molecule has 0 radical (unpaired) electrons. The first kappa shape index (κ1) is 13.5. The topological polar surface area (TPSA) is 37.3 Å². The van der Waals surface area contributed by atoms with Crippen molar-refractivity contribution < 1.29 is 27.5 Å². The third-order valence-electron chi connectivity index (χ3n) is 2.16. The lowest BCUT2D eigenvalue weighted by Crippen LogP contribution is -2.15. The van der Waals surface area contributed by atoms with E-state index in [0.29, 0.717) is 0 Å². The van der Waals surface area contributed by atoms with Crippen LogP contribution in [0.2, 0.25) is 0 Å². The minimum absolute atomic E-state index is 0.228. The van der Waals surface area contributed by atoms with Gasteiger partial charge in [-0.25, -0.2) is 4.39 Å². The fraction of sp³-hybridized carbons (Fsp3) is 0.364. The van der Waals surface area contributed by atoms with Crippen molar-refractivity contribution in [1.82, 2.24) is 0 Å². The summed E-state index contributed by atoms with van der Waals surface area (Å²) in [6.45, 7) is 0. The van der Waals surface area contributed by atoms with Crippen LogP contribution in [0.4, 0.5) is 17.6 Å². The van der Waals surface area contributed by atoms with Crippen molar-refractivity contribution in [1.29, 1.82) is 0 Å². The van der Waals surface area contributed by atoms with Crippen LogP contribution in [0.5, 0.6) is 0 Å². The second-order valence-corrected chi connectivity index (χ2v) is 3.55. The summed E-state index contributed by atoms with van der Waals surface area (Å²) in [4.78, 5) is 10.2. The molecule has 17 heavy (non-hydrogen) atoms. The lowest BCUT2D eigenvalue weighted by Gasteiger charge is -2.13. The molecule has 6 heteroatoms. The molecule has 0 aromatic heterocycles. The first-order chi connectivity index (χ1) is 7.80. The molecule has 1 atom stereocenters. The van der Waals surface area contributed by atoms with Gasteiger partial charge < -0.3 is 5.11 Å². The third kappa shape index (κ3) is 4.05.